The summed E-state index contributed by atoms with van der Waals surface area (Å²) in [5.74, 6) is -1.37. The summed E-state index contributed by atoms with van der Waals surface area (Å²) in [6, 6.07) is 10.5. The van der Waals surface area contributed by atoms with Gasteiger partial charge in [-0.1, -0.05) is 29.3 Å². The van der Waals surface area contributed by atoms with Gasteiger partial charge in [-0.15, -0.1) is 0 Å². The van der Waals surface area contributed by atoms with Crippen molar-refractivity contribution in [1.82, 2.24) is 14.5 Å². The van der Waals surface area contributed by atoms with Crippen LogP contribution in [0.5, 0.6) is 5.75 Å². The molecule has 0 saturated heterocycles. The zero-order chi connectivity index (χ0) is 24.3. The first-order chi connectivity index (χ1) is 15.5. The second kappa shape index (κ2) is 9.62. The lowest BCUT2D eigenvalue weighted by molar-refractivity contribution is -0.115. The molecule has 0 atom stereocenters. The monoisotopic (exact) mass is 508 g/mol. The number of nitrogens with one attached hydrogen (secondary N) is 1. The summed E-state index contributed by atoms with van der Waals surface area (Å²) in [6.45, 7) is 0. The van der Waals surface area contributed by atoms with Crippen molar-refractivity contribution in [3.8, 4) is 28.8 Å². The predicted molar refractivity (Wildman–Crippen MR) is 122 cm³/mol. The maximum Gasteiger partial charge on any atom is 0.275 e. The zero-order valence-electron chi connectivity index (χ0n) is 17.1. The fraction of sp³-hybridized carbons (Fsp3) is 0.0952. The lowest BCUT2D eigenvalue weighted by Crippen LogP contribution is -2.30. The Morgan fingerprint density at radius 1 is 1.24 bits per heavy atom. The van der Waals surface area contributed by atoms with Crippen LogP contribution in [0.25, 0.3) is 23.0 Å². The minimum atomic E-state index is -3.90. The lowest BCUT2D eigenvalue weighted by atomic mass is 10.1. The Morgan fingerprint density at radius 3 is 2.55 bits per heavy atom. The molecule has 0 fully saturated rings. The second-order valence-electron chi connectivity index (χ2n) is 6.70. The van der Waals surface area contributed by atoms with Crippen LogP contribution >= 0.6 is 23.2 Å². The Hall–Kier alpha value is -3.39. The molecule has 8 nitrogen and oxygen atoms in total. The topological polar surface area (TPSA) is 114 Å². The number of hydrogen-bond donors (Lipinski definition) is 1. The molecule has 33 heavy (non-hydrogen) atoms. The molecule has 1 heterocycles. The van der Waals surface area contributed by atoms with E-state index in [1.165, 1.54) is 30.1 Å². The van der Waals surface area contributed by atoms with E-state index in [0.29, 0.717) is 22.0 Å². The highest BCUT2D eigenvalue weighted by Gasteiger charge is 2.18. The molecule has 170 valence electrons. The van der Waals surface area contributed by atoms with Crippen molar-refractivity contribution in [1.29, 1.82) is 5.26 Å². The van der Waals surface area contributed by atoms with Gasteiger partial charge in [0.2, 0.25) is 10.0 Å². The summed E-state index contributed by atoms with van der Waals surface area (Å²) < 4.78 is 45.1. The molecule has 2 aromatic carbocycles. The SMILES string of the molecule is COc1ccc(-n2cc(C=C(C#N)C(=O)NS(C)(=O)=O)c(-c3ccc(Cl)c(F)c3)n2)cc1Cl. The Morgan fingerprint density at radius 2 is 1.97 bits per heavy atom. The molecule has 0 spiro atoms. The normalized spacial score (nSPS) is 11.7. The Labute approximate surface area is 198 Å². The van der Waals surface area contributed by atoms with Gasteiger partial charge in [0.05, 0.1) is 29.1 Å². The van der Waals surface area contributed by atoms with Gasteiger partial charge >= 0.3 is 0 Å². The summed E-state index contributed by atoms with van der Waals surface area (Å²) >= 11 is 12.0. The van der Waals surface area contributed by atoms with Crippen LogP contribution in [-0.2, 0) is 14.8 Å². The summed E-state index contributed by atoms with van der Waals surface area (Å²) in [4.78, 5) is 12.2. The Bertz CT molecular complexity index is 1430. The van der Waals surface area contributed by atoms with Gasteiger partial charge in [0, 0.05) is 17.3 Å². The van der Waals surface area contributed by atoms with E-state index in [2.05, 4.69) is 5.10 Å². The maximum atomic E-state index is 14.1. The number of benzene rings is 2. The maximum absolute atomic E-state index is 14.1. The fourth-order valence-electron chi connectivity index (χ4n) is 2.82. The van der Waals surface area contributed by atoms with Gasteiger partial charge in [-0.3, -0.25) is 4.79 Å². The van der Waals surface area contributed by atoms with E-state index < -0.39 is 27.3 Å². The van der Waals surface area contributed by atoms with Crippen molar-refractivity contribution in [3.63, 3.8) is 0 Å². The number of aromatic nitrogens is 2. The third-order valence-electron chi connectivity index (χ3n) is 4.28. The first kappa shape index (κ1) is 24.3. The molecule has 1 aromatic heterocycles. The van der Waals surface area contributed by atoms with E-state index in [9.17, 15) is 22.9 Å². The van der Waals surface area contributed by atoms with Crippen LogP contribution in [-0.4, -0.2) is 37.5 Å². The number of rotatable bonds is 6. The van der Waals surface area contributed by atoms with Crippen molar-refractivity contribution in [2.75, 3.05) is 13.4 Å². The van der Waals surface area contributed by atoms with Crippen LogP contribution in [0.15, 0.2) is 48.2 Å². The molecule has 0 aliphatic carbocycles. The van der Waals surface area contributed by atoms with Crippen LogP contribution in [0, 0.1) is 17.1 Å². The molecule has 3 aromatic rings. The smallest absolute Gasteiger partial charge is 0.275 e. The number of methoxy groups -OCH3 is 1. The van der Waals surface area contributed by atoms with Crippen molar-refractivity contribution >= 4 is 45.2 Å². The average molecular weight is 509 g/mol. The molecule has 12 heteroatoms. The van der Waals surface area contributed by atoms with E-state index in [0.717, 1.165) is 18.4 Å². The van der Waals surface area contributed by atoms with Gasteiger partial charge in [-0.05, 0) is 36.4 Å². The fourth-order valence-corrected chi connectivity index (χ4v) is 3.63. The van der Waals surface area contributed by atoms with E-state index in [1.54, 1.807) is 29.0 Å². The van der Waals surface area contributed by atoms with Gasteiger partial charge in [-0.25, -0.2) is 22.2 Å². The van der Waals surface area contributed by atoms with E-state index >= 15 is 0 Å². The van der Waals surface area contributed by atoms with Gasteiger partial charge in [0.1, 0.15) is 28.9 Å². The van der Waals surface area contributed by atoms with E-state index in [1.807, 2.05) is 0 Å². The Kier molecular flexibility index (Phi) is 7.07. The molecule has 0 aliphatic heterocycles. The van der Waals surface area contributed by atoms with Crippen LogP contribution in [0.2, 0.25) is 10.0 Å². The summed E-state index contributed by atoms with van der Waals surface area (Å²) in [5.41, 5.74) is 0.766. The molecule has 0 unspecified atom stereocenters. The zero-order valence-corrected chi connectivity index (χ0v) is 19.5. The number of ether oxygens (including phenoxy) is 1. The lowest BCUT2D eigenvalue weighted by Gasteiger charge is -2.06. The minimum absolute atomic E-state index is 0.0949. The molecular formula is C21H15Cl2FN4O4S. The first-order valence-corrected chi connectivity index (χ1v) is 11.7. The van der Waals surface area contributed by atoms with Crippen LogP contribution in [0.4, 0.5) is 4.39 Å². The second-order valence-corrected chi connectivity index (χ2v) is 9.26. The van der Waals surface area contributed by atoms with Crippen molar-refractivity contribution < 1.29 is 22.3 Å². The van der Waals surface area contributed by atoms with Gasteiger partial charge in [0.15, 0.2) is 0 Å². The molecule has 0 saturated carbocycles. The van der Waals surface area contributed by atoms with Gasteiger partial charge < -0.3 is 4.74 Å². The third kappa shape index (κ3) is 5.70. The highest BCUT2D eigenvalue weighted by Crippen LogP contribution is 2.31. The summed E-state index contributed by atoms with van der Waals surface area (Å²) in [6.07, 6.45) is 3.41. The molecular weight excluding hydrogens is 494 g/mol. The Balaban J connectivity index is 2.18. The van der Waals surface area contributed by atoms with Crippen molar-refractivity contribution in [2.45, 2.75) is 0 Å². The number of carbonyl (C=O) groups excluding carboxylic acids is 1. The number of amides is 1. The minimum Gasteiger partial charge on any atom is -0.495 e. The number of halogens is 3. The van der Waals surface area contributed by atoms with Crippen molar-refractivity contribution in [2.24, 2.45) is 0 Å². The molecule has 1 amide bonds. The van der Waals surface area contributed by atoms with Crippen LogP contribution in [0.1, 0.15) is 5.56 Å². The van der Waals surface area contributed by atoms with E-state index in [4.69, 9.17) is 27.9 Å². The predicted octanol–water partition coefficient (Wildman–Crippen LogP) is 3.98. The molecule has 0 bridgehead atoms. The molecule has 3 rings (SSSR count). The highest BCUT2D eigenvalue weighted by atomic mass is 35.5. The number of hydrogen-bond acceptors (Lipinski definition) is 6. The summed E-state index contributed by atoms with van der Waals surface area (Å²) in [7, 11) is -2.43. The van der Waals surface area contributed by atoms with Gasteiger partial charge in [-0.2, -0.15) is 10.4 Å². The third-order valence-corrected chi connectivity index (χ3v) is 5.44. The summed E-state index contributed by atoms with van der Waals surface area (Å²) in [5, 5.41) is 14.1. The number of nitriles is 1. The standard InChI is InChI=1S/C21H15Cl2FN4O4S/c1-32-19-6-4-15(9-17(19)23)28-11-14(7-13(10-25)21(29)27-33(2,30)31)20(26-28)12-3-5-16(22)18(24)8-12/h3-9,11H,1-2H3,(H,27,29). The molecule has 0 radical (unpaired) electrons. The number of nitrogens with zero attached hydrogens (tertiary/aromatic N) is 3. The van der Waals surface area contributed by atoms with E-state index in [-0.39, 0.29) is 16.3 Å². The molecule has 0 aliphatic rings. The quantitative estimate of drug-likeness (QED) is 0.397. The highest BCUT2D eigenvalue weighted by molar-refractivity contribution is 7.89. The number of carbonyl (C=O) groups is 1. The van der Waals surface area contributed by atoms with Crippen molar-refractivity contribution in [3.05, 3.63) is 69.6 Å². The van der Waals surface area contributed by atoms with Gasteiger partial charge in [0.25, 0.3) is 5.91 Å². The average Bonchev–Trinajstić information content (AvgIpc) is 3.16. The first-order valence-electron chi connectivity index (χ1n) is 9.05. The van der Waals surface area contributed by atoms with Crippen LogP contribution in [0.3, 0.4) is 0 Å². The number of sulfonamides is 1. The largest absolute Gasteiger partial charge is 0.495 e. The van der Waals surface area contributed by atoms with Crippen LogP contribution < -0.4 is 9.46 Å². The molecule has 1 N–H and O–H groups in total.